The van der Waals surface area contributed by atoms with Gasteiger partial charge in [-0.15, -0.1) is 10.2 Å². The van der Waals surface area contributed by atoms with Crippen molar-refractivity contribution < 1.29 is 18.7 Å². The van der Waals surface area contributed by atoms with Crippen LogP contribution in [-0.4, -0.2) is 35.0 Å². The third kappa shape index (κ3) is 3.75. The first-order valence-electron chi connectivity index (χ1n) is 8.03. The topological polar surface area (TPSA) is 79.4 Å². The van der Waals surface area contributed by atoms with E-state index in [1.54, 1.807) is 19.2 Å². The first-order chi connectivity index (χ1) is 12.7. The zero-order valence-electron chi connectivity index (χ0n) is 14.8. The second-order valence-corrected chi connectivity index (χ2v) is 6.27. The van der Waals surface area contributed by atoms with E-state index in [-0.39, 0.29) is 5.76 Å². The molecule has 8 heteroatoms. The number of rotatable bonds is 7. The molecule has 0 saturated carbocycles. The van der Waals surface area contributed by atoms with Crippen molar-refractivity contribution in [1.29, 1.82) is 0 Å². The van der Waals surface area contributed by atoms with Crippen LogP contribution in [0.1, 0.15) is 23.2 Å². The Kier molecular flexibility index (Phi) is 5.62. The predicted octanol–water partition coefficient (Wildman–Crippen LogP) is 3.65. The molecule has 7 nitrogen and oxygen atoms in total. The minimum Gasteiger partial charge on any atom is -0.497 e. The van der Waals surface area contributed by atoms with E-state index in [1.165, 1.54) is 18.9 Å². The van der Waals surface area contributed by atoms with Gasteiger partial charge in [0.15, 0.2) is 11.0 Å². The smallest absolute Gasteiger partial charge is 0.373 e. The van der Waals surface area contributed by atoms with Gasteiger partial charge in [-0.1, -0.05) is 11.8 Å². The van der Waals surface area contributed by atoms with Crippen LogP contribution in [0.25, 0.3) is 11.4 Å². The summed E-state index contributed by atoms with van der Waals surface area (Å²) in [4.78, 5) is 11.4. The molecule has 1 aromatic carbocycles. The summed E-state index contributed by atoms with van der Waals surface area (Å²) in [6, 6.07) is 11.1. The molecule has 0 aliphatic carbocycles. The molecular formula is C18H19N3O4S. The molecule has 26 heavy (non-hydrogen) atoms. The van der Waals surface area contributed by atoms with Gasteiger partial charge in [0.25, 0.3) is 0 Å². The molecule has 0 spiro atoms. The molecule has 0 unspecified atom stereocenters. The lowest BCUT2D eigenvalue weighted by Crippen LogP contribution is -2.00. The molecule has 136 valence electrons. The molecule has 0 amide bonds. The highest BCUT2D eigenvalue weighted by atomic mass is 32.2. The zero-order chi connectivity index (χ0) is 18.5. The number of hydrogen-bond acceptors (Lipinski definition) is 7. The first-order valence-corrected chi connectivity index (χ1v) is 9.02. The van der Waals surface area contributed by atoms with Crippen molar-refractivity contribution in [3.8, 4) is 17.1 Å². The van der Waals surface area contributed by atoms with Gasteiger partial charge >= 0.3 is 5.97 Å². The van der Waals surface area contributed by atoms with E-state index in [0.29, 0.717) is 11.5 Å². The molecule has 0 N–H and O–H groups in total. The standard InChI is InChI=1S/C18H19N3O4S/c1-4-21-16(12-5-7-13(23-2)8-6-12)19-20-18(21)26-11-14-9-10-15(25-14)17(22)24-3/h5-10H,4,11H2,1-3H3. The lowest BCUT2D eigenvalue weighted by molar-refractivity contribution is 0.0563. The van der Waals surface area contributed by atoms with Gasteiger partial charge < -0.3 is 18.5 Å². The Morgan fingerprint density at radius 3 is 2.58 bits per heavy atom. The van der Waals surface area contributed by atoms with Gasteiger partial charge in [0.05, 0.1) is 20.0 Å². The number of ether oxygens (including phenoxy) is 2. The minimum atomic E-state index is -0.486. The molecule has 0 fully saturated rings. The predicted molar refractivity (Wildman–Crippen MR) is 97.3 cm³/mol. The average molecular weight is 373 g/mol. The Morgan fingerprint density at radius 2 is 1.92 bits per heavy atom. The van der Waals surface area contributed by atoms with Gasteiger partial charge in [0, 0.05) is 12.1 Å². The molecule has 0 bridgehead atoms. The lowest BCUT2D eigenvalue weighted by Gasteiger charge is -2.07. The van der Waals surface area contributed by atoms with E-state index in [2.05, 4.69) is 14.9 Å². The quantitative estimate of drug-likeness (QED) is 0.462. The molecule has 0 saturated heterocycles. The van der Waals surface area contributed by atoms with E-state index < -0.39 is 5.97 Å². The number of nitrogens with zero attached hydrogens (tertiary/aromatic N) is 3. The number of aromatic nitrogens is 3. The highest BCUT2D eigenvalue weighted by Crippen LogP contribution is 2.28. The third-order valence-corrected chi connectivity index (χ3v) is 4.76. The number of hydrogen-bond donors (Lipinski definition) is 0. The number of esters is 1. The number of furan rings is 1. The number of benzene rings is 1. The molecule has 0 aliphatic rings. The van der Waals surface area contributed by atoms with Crippen molar-refractivity contribution in [2.45, 2.75) is 24.4 Å². The van der Waals surface area contributed by atoms with Gasteiger partial charge in [-0.05, 0) is 43.3 Å². The first kappa shape index (κ1) is 18.1. The Hall–Kier alpha value is -2.74. The second-order valence-electron chi connectivity index (χ2n) is 5.33. The fraction of sp³-hybridized carbons (Fsp3) is 0.278. The van der Waals surface area contributed by atoms with Crippen LogP contribution in [-0.2, 0) is 17.0 Å². The molecule has 0 aliphatic heterocycles. The second kappa shape index (κ2) is 8.09. The van der Waals surface area contributed by atoms with Gasteiger partial charge in [-0.3, -0.25) is 0 Å². The summed E-state index contributed by atoms with van der Waals surface area (Å²) in [5.74, 6) is 2.51. The molecule has 2 heterocycles. The van der Waals surface area contributed by atoms with E-state index in [4.69, 9.17) is 9.15 Å². The molecule has 2 aromatic heterocycles. The summed E-state index contributed by atoms with van der Waals surface area (Å²) in [6.45, 7) is 2.78. The Morgan fingerprint density at radius 1 is 1.15 bits per heavy atom. The van der Waals surface area contributed by atoms with Crippen LogP contribution >= 0.6 is 11.8 Å². The number of thioether (sulfide) groups is 1. The summed E-state index contributed by atoms with van der Waals surface area (Å²) in [5, 5.41) is 9.40. The maximum Gasteiger partial charge on any atom is 0.373 e. The summed E-state index contributed by atoms with van der Waals surface area (Å²) >= 11 is 1.50. The summed E-state index contributed by atoms with van der Waals surface area (Å²) in [5.41, 5.74) is 0.970. The summed E-state index contributed by atoms with van der Waals surface area (Å²) in [7, 11) is 2.96. The van der Waals surface area contributed by atoms with Crippen LogP contribution in [0, 0.1) is 0 Å². The van der Waals surface area contributed by atoms with Gasteiger partial charge in [-0.25, -0.2) is 4.79 Å². The average Bonchev–Trinajstić information content (AvgIpc) is 3.32. The van der Waals surface area contributed by atoms with E-state index >= 15 is 0 Å². The van der Waals surface area contributed by atoms with E-state index in [0.717, 1.165) is 28.8 Å². The fourth-order valence-electron chi connectivity index (χ4n) is 2.44. The minimum absolute atomic E-state index is 0.194. The van der Waals surface area contributed by atoms with Gasteiger partial charge in [0.2, 0.25) is 5.76 Å². The maximum absolute atomic E-state index is 11.4. The van der Waals surface area contributed by atoms with Crippen LogP contribution in [0.5, 0.6) is 5.75 Å². The van der Waals surface area contributed by atoms with Crippen molar-refractivity contribution in [3.05, 3.63) is 47.9 Å². The summed E-state index contributed by atoms with van der Waals surface area (Å²) < 4.78 is 17.4. The van der Waals surface area contributed by atoms with Crippen LogP contribution < -0.4 is 4.74 Å². The fourth-order valence-corrected chi connectivity index (χ4v) is 3.33. The van der Waals surface area contributed by atoms with Crippen molar-refractivity contribution in [2.24, 2.45) is 0 Å². The SMILES string of the molecule is CCn1c(SCc2ccc(C(=O)OC)o2)nnc1-c1ccc(OC)cc1. The zero-order valence-corrected chi connectivity index (χ0v) is 15.6. The van der Waals surface area contributed by atoms with Gasteiger partial charge in [-0.2, -0.15) is 0 Å². The lowest BCUT2D eigenvalue weighted by atomic mass is 10.2. The third-order valence-electron chi connectivity index (χ3n) is 3.77. The Labute approximate surface area is 155 Å². The van der Waals surface area contributed by atoms with Crippen molar-refractivity contribution >= 4 is 17.7 Å². The highest BCUT2D eigenvalue weighted by Gasteiger charge is 2.15. The van der Waals surface area contributed by atoms with E-state index in [9.17, 15) is 4.79 Å². The largest absolute Gasteiger partial charge is 0.497 e. The maximum atomic E-state index is 11.4. The Bertz CT molecular complexity index is 886. The molecular weight excluding hydrogens is 354 g/mol. The van der Waals surface area contributed by atoms with E-state index in [1.807, 2.05) is 35.8 Å². The number of carbonyl (C=O) groups excluding carboxylic acids is 1. The summed E-state index contributed by atoms with van der Waals surface area (Å²) in [6.07, 6.45) is 0. The van der Waals surface area contributed by atoms with Crippen LogP contribution in [0.4, 0.5) is 0 Å². The van der Waals surface area contributed by atoms with Gasteiger partial charge in [0.1, 0.15) is 11.5 Å². The molecule has 0 atom stereocenters. The molecule has 3 rings (SSSR count). The van der Waals surface area contributed by atoms with Crippen molar-refractivity contribution in [1.82, 2.24) is 14.8 Å². The normalized spacial score (nSPS) is 10.7. The number of carbonyl (C=O) groups is 1. The van der Waals surface area contributed by atoms with Crippen molar-refractivity contribution in [2.75, 3.05) is 14.2 Å². The van der Waals surface area contributed by atoms with Crippen LogP contribution in [0.3, 0.4) is 0 Å². The number of methoxy groups -OCH3 is 2. The van der Waals surface area contributed by atoms with Crippen LogP contribution in [0.15, 0.2) is 46.0 Å². The monoisotopic (exact) mass is 373 g/mol. The van der Waals surface area contributed by atoms with Crippen molar-refractivity contribution in [3.63, 3.8) is 0 Å². The molecule has 0 radical (unpaired) electrons. The Balaban J connectivity index is 1.75. The molecule has 3 aromatic rings. The van der Waals surface area contributed by atoms with Crippen LogP contribution in [0.2, 0.25) is 0 Å². The highest BCUT2D eigenvalue weighted by molar-refractivity contribution is 7.98.